The van der Waals surface area contributed by atoms with Crippen LogP contribution >= 0.6 is 0 Å². The van der Waals surface area contributed by atoms with E-state index in [1.165, 1.54) is 25.7 Å². The summed E-state index contributed by atoms with van der Waals surface area (Å²) in [5, 5.41) is 0. The standard InChI is InChI=1S/C19H30N4O2/c1-24-15-19-4-2-17(22-8-10-25-11-9-22)12-16(19)3-7-23(14-19)18-13-20-5-6-21-18/h5-6,13,16-17H,2-4,7-12,14-15H2,1H3/t16-,17-,19+/m1/s1. The summed E-state index contributed by atoms with van der Waals surface area (Å²) in [6.45, 7) is 6.95. The lowest BCUT2D eigenvalue weighted by molar-refractivity contribution is -0.0540. The van der Waals surface area contributed by atoms with E-state index >= 15 is 0 Å². The van der Waals surface area contributed by atoms with Crippen molar-refractivity contribution in [2.45, 2.75) is 31.7 Å². The molecular formula is C19H30N4O2. The molecule has 25 heavy (non-hydrogen) atoms. The first-order valence-electron chi connectivity index (χ1n) is 9.62. The molecule has 1 aromatic heterocycles. The van der Waals surface area contributed by atoms with Crippen LogP contribution in [0.3, 0.4) is 0 Å². The monoisotopic (exact) mass is 346 g/mol. The van der Waals surface area contributed by atoms with E-state index in [1.807, 2.05) is 13.3 Å². The first kappa shape index (κ1) is 17.2. The van der Waals surface area contributed by atoms with Crippen LogP contribution in [0.5, 0.6) is 0 Å². The molecule has 4 rings (SSSR count). The molecule has 0 aromatic carbocycles. The van der Waals surface area contributed by atoms with Gasteiger partial charge >= 0.3 is 0 Å². The molecule has 0 spiro atoms. The van der Waals surface area contributed by atoms with Crippen LogP contribution in [0.1, 0.15) is 25.7 Å². The van der Waals surface area contributed by atoms with Crippen molar-refractivity contribution < 1.29 is 9.47 Å². The Kier molecular flexibility index (Phi) is 5.20. The fourth-order valence-electron chi connectivity index (χ4n) is 5.20. The van der Waals surface area contributed by atoms with E-state index in [4.69, 9.17) is 9.47 Å². The molecule has 3 aliphatic rings. The van der Waals surface area contributed by atoms with Crippen LogP contribution in [0.15, 0.2) is 18.6 Å². The summed E-state index contributed by atoms with van der Waals surface area (Å²) in [5.41, 5.74) is 0.257. The molecule has 0 radical (unpaired) electrons. The van der Waals surface area contributed by atoms with E-state index in [1.54, 1.807) is 12.4 Å². The van der Waals surface area contributed by atoms with Crippen LogP contribution in [0.2, 0.25) is 0 Å². The molecule has 1 aliphatic carbocycles. The first-order chi connectivity index (χ1) is 12.3. The third kappa shape index (κ3) is 3.52. The van der Waals surface area contributed by atoms with Crippen molar-refractivity contribution in [3.63, 3.8) is 0 Å². The van der Waals surface area contributed by atoms with Gasteiger partial charge in [-0.1, -0.05) is 0 Å². The van der Waals surface area contributed by atoms with Crippen molar-refractivity contribution in [3.8, 4) is 0 Å². The first-order valence-corrected chi connectivity index (χ1v) is 9.62. The van der Waals surface area contributed by atoms with Gasteiger partial charge in [-0.2, -0.15) is 0 Å². The number of ether oxygens (including phenoxy) is 2. The second-order valence-electron chi connectivity index (χ2n) is 7.84. The summed E-state index contributed by atoms with van der Waals surface area (Å²) in [6.07, 6.45) is 10.5. The van der Waals surface area contributed by atoms with Gasteiger partial charge in [0.25, 0.3) is 0 Å². The maximum Gasteiger partial charge on any atom is 0.147 e. The summed E-state index contributed by atoms with van der Waals surface area (Å²) in [7, 11) is 1.85. The van der Waals surface area contributed by atoms with Crippen LogP contribution in [-0.2, 0) is 9.47 Å². The van der Waals surface area contributed by atoms with Gasteiger partial charge in [-0.3, -0.25) is 9.88 Å². The van der Waals surface area contributed by atoms with Crippen molar-refractivity contribution in [1.82, 2.24) is 14.9 Å². The minimum atomic E-state index is 0.257. The highest BCUT2D eigenvalue weighted by atomic mass is 16.5. The lowest BCUT2D eigenvalue weighted by Gasteiger charge is -2.54. The van der Waals surface area contributed by atoms with Crippen molar-refractivity contribution in [2.24, 2.45) is 11.3 Å². The molecule has 3 fully saturated rings. The molecular weight excluding hydrogens is 316 g/mol. The fraction of sp³-hybridized carbons (Fsp3) is 0.789. The SMILES string of the molecule is COC[C@@]12CC[C@@H](N3CCOCC3)C[C@H]1CCN(c1cnccn1)C2. The molecule has 138 valence electrons. The number of aromatic nitrogens is 2. The molecule has 1 aromatic rings. The van der Waals surface area contributed by atoms with Gasteiger partial charge in [0.15, 0.2) is 0 Å². The lowest BCUT2D eigenvalue weighted by atomic mass is 9.62. The number of methoxy groups -OCH3 is 1. The summed E-state index contributed by atoms with van der Waals surface area (Å²) < 4.78 is 11.2. The second kappa shape index (κ2) is 7.56. The number of rotatable bonds is 4. The van der Waals surface area contributed by atoms with E-state index in [-0.39, 0.29) is 5.41 Å². The number of anilines is 1. The third-order valence-corrected chi connectivity index (χ3v) is 6.52. The van der Waals surface area contributed by atoms with E-state index in [2.05, 4.69) is 19.8 Å². The zero-order valence-electron chi connectivity index (χ0n) is 15.3. The number of hydrogen-bond donors (Lipinski definition) is 0. The van der Waals surface area contributed by atoms with Crippen molar-refractivity contribution >= 4 is 5.82 Å². The molecule has 0 bridgehead atoms. The number of hydrogen-bond acceptors (Lipinski definition) is 6. The Morgan fingerprint density at radius 3 is 2.88 bits per heavy atom. The highest BCUT2D eigenvalue weighted by Crippen LogP contribution is 2.48. The number of piperidine rings is 1. The number of fused-ring (bicyclic) bond motifs is 1. The van der Waals surface area contributed by atoms with Gasteiger partial charge in [0.1, 0.15) is 5.82 Å². The van der Waals surface area contributed by atoms with Gasteiger partial charge in [-0.25, -0.2) is 4.98 Å². The van der Waals surface area contributed by atoms with Gasteiger partial charge in [-0.05, 0) is 31.6 Å². The Bertz CT molecular complexity index is 552. The molecule has 0 N–H and O–H groups in total. The molecule has 0 amide bonds. The average Bonchev–Trinajstić information content (AvgIpc) is 2.69. The minimum absolute atomic E-state index is 0.257. The molecule has 3 heterocycles. The normalized spacial score (nSPS) is 33.9. The quantitative estimate of drug-likeness (QED) is 0.829. The van der Waals surface area contributed by atoms with Crippen molar-refractivity contribution in [3.05, 3.63) is 18.6 Å². The number of morpholine rings is 1. The molecule has 6 heteroatoms. The third-order valence-electron chi connectivity index (χ3n) is 6.52. The summed E-state index contributed by atoms with van der Waals surface area (Å²) in [6, 6.07) is 0.724. The summed E-state index contributed by atoms with van der Waals surface area (Å²) in [5.74, 6) is 1.74. The van der Waals surface area contributed by atoms with Gasteiger partial charge in [0.2, 0.25) is 0 Å². The van der Waals surface area contributed by atoms with Gasteiger partial charge in [-0.15, -0.1) is 0 Å². The van der Waals surface area contributed by atoms with Crippen LogP contribution in [0, 0.1) is 11.3 Å². The molecule has 6 nitrogen and oxygen atoms in total. The van der Waals surface area contributed by atoms with E-state index in [0.29, 0.717) is 0 Å². The largest absolute Gasteiger partial charge is 0.384 e. The van der Waals surface area contributed by atoms with Crippen LogP contribution in [0.25, 0.3) is 0 Å². The van der Waals surface area contributed by atoms with Crippen LogP contribution in [-0.4, -0.2) is 74.0 Å². The van der Waals surface area contributed by atoms with Crippen molar-refractivity contribution in [2.75, 3.05) is 58.0 Å². The highest BCUT2D eigenvalue weighted by Gasteiger charge is 2.48. The lowest BCUT2D eigenvalue weighted by Crippen LogP contribution is -2.57. The maximum absolute atomic E-state index is 5.71. The molecule has 2 aliphatic heterocycles. The Labute approximate surface area is 150 Å². The predicted octanol–water partition coefficient (Wildman–Crippen LogP) is 1.82. The Balaban J connectivity index is 1.48. The predicted molar refractivity (Wildman–Crippen MR) is 96.7 cm³/mol. The highest BCUT2D eigenvalue weighted by molar-refractivity contribution is 5.36. The van der Waals surface area contributed by atoms with Gasteiger partial charge in [0, 0.05) is 57.1 Å². The molecule has 3 atom stereocenters. The maximum atomic E-state index is 5.71. The topological polar surface area (TPSA) is 50.7 Å². The molecule has 2 saturated heterocycles. The van der Waals surface area contributed by atoms with Gasteiger partial charge in [0.05, 0.1) is 26.0 Å². The average molecular weight is 346 g/mol. The summed E-state index contributed by atoms with van der Waals surface area (Å²) >= 11 is 0. The zero-order valence-corrected chi connectivity index (χ0v) is 15.3. The number of nitrogens with zero attached hydrogens (tertiary/aromatic N) is 4. The van der Waals surface area contributed by atoms with Crippen LogP contribution in [0.4, 0.5) is 5.82 Å². The fourth-order valence-corrected chi connectivity index (χ4v) is 5.20. The Hall–Kier alpha value is -1.24. The van der Waals surface area contributed by atoms with E-state index in [0.717, 1.165) is 63.8 Å². The second-order valence-corrected chi connectivity index (χ2v) is 7.84. The molecule has 1 saturated carbocycles. The van der Waals surface area contributed by atoms with E-state index in [9.17, 15) is 0 Å². The zero-order chi connectivity index (χ0) is 17.1. The Morgan fingerprint density at radius 2 is 2.12 bits per heavy atom. The Morgan fingerprint density at radius 1 is 1.24 bits per heavy atom. The van der Waals surface area contributed by atoms with Crippen molar-refractivity contribution in [1.29, 1.82) is 0 Å². The minimum Gasteiger partial charge on any atom is -0.384 e. The van der Waals surface area contributed by atoms with Crippen LogP contribution < -0.4 is 4.90 Å². The summed E-state index contributed by atoms with van der Waals surface area (Å²) in [4.78, 5) is 13.8. The van der Waals surface area contributed by atoms with Gasteiger partial charge < -0.3 is 14.4 Å². The van der Waals surface area contributed by atoms with E-state index < -0.39 is 0 Å². The molecule has 0 unspecified atom stereocenters. The smallest absolute Gasteiger partial charge is 0.147 e.